The summed E-state index contributed by atoms with van der Waals surface area (Å²) in [6.45, 7) is 0. The van der Waals surface area contributed by atoms with E-state index < -0.39 is 5.97 Å². The highest BCUT2D eigenvalue weighted by atomic mass is 127. The van der Waals surface area contributed by atoms with Crippen LogP contribution in [0, 0.1) is 3.57 Å². The zero-order chi connectivity index (χ0) is 10.8. The smallest absolute Gasteiger partial charge is 0.328 e. The molecule has 0 spiro atoms. The average Bonchev–Trinajstić information content (AvgIpc) is 2.56. The Kier molecular flexibility index (Phi) is 2.77. The Hall–Kier alpha value is -1.30. The van der Waals surface area contributed by atoms with Crippen LogP contribution in [0.1, 0.15) is 5.76 Å². The lowest BCUT2D eigenvalue weighted by molar-refractivity contribution is -0.131. The highest BCUT2D eigenvalue weighted by Gasteiger charge is 2.01. The largest absolute Gasteiger partial charge is 0.478 e. The summed E-state index contributed by atoms with van der Waals surface area (Å²) < 4.78 is 6.54. The number of fused-ring (bicyclic) bond motifs is 1. The molecule has 0 radical (unpaired) electrons. The molecule has 1 aromatic carbocycles. The zero-order valence-corrected chi connectivity index (χ0v) is 9.76. The molecule has 1 aromatic heterocycles. The van der Waals surface area contributed by atoms with Crippen LogP contribution in [0.3, 0.4) is 0 Å². The van der Waals surface area contributed by atoms with E-state index in [1.54, 1.807) is 0 Å². The summed E-state index contributed by atoms with van der Waals surface area (Å²) in [6.07, 6.45) is 2.50. The second-order valence-corrected chi connectivity index (χ2v) is 4.25. The molecule has 0 amide bonds. The van der Waals surface area contributed by atoms with Crippen molar-refractivity contribution >= 4 is 45.6 Å². The summed E-state index contributed by atoms with van der Waals surface area (Å²) in [5.74, 6) is -0.431. The van der Waals surface area contributed by atoms with E-state index >= 15 is 0 Å². The number of halogens is 1. The molecule has 76 valence electrons. The van der Waals surface area contributed by atoms with Gasteiger partial charge in [0, 0.05) is 15.0 Å². The first-order valence-electron chi connectivity index (χ1n) is 4.25. The lowest BCUT2D eigenvalue weighted by Gasteiger charge is -1.87. The van der Waals surface area contributed by atoms with Gasteiger partial charge in [0.15, 0.2) is 0 Å². The molecule has 0 saturated carbocycles. The van der Waals surface area contributed by atoms with Crippen LogP contribution in [-0.2, 0) is 4.79 Å². The fourth-order valence-corrected chi connectivity index (χ4v) is 1.79. The first-order chi connectivity index (χ1) is 7.15. The van der Waals surface area contributed by atoms with E-state index in [1.807, 2.05) is 24.3 Å². The molecule has 0 unspecified atom stereocenters. The lowest BCUT2D eigenvalue weighted by atomic mass is 10.2. The van der Waals surface area contributed by atoms with Crippen molar-refractivity contribution < 1.29 is 14.3 Å². The third-order valence-corrected chi connectivity index (χ3v) is 2.56. The van der Waals surface area contributed by atoms with Crippen molar-refractivity contribution in [3.8, 4) is 0 Å². The van der Waals surface area contributed by atoms with Gasteiger partial charge < -0.3 is 9.52 Å². The van der Waals surface area contributed by atoms with Crippen LogP contribution in [0.5, 0.6) is 0 Å². The Labute approximate surface area is 99.5 Å². The second kappa shape index (κ2) is 4.06. The molecule has 0 saturated heterocycles. The standard InChI is InChI=1S/C11H7IO3/c12-8-1-3-10-7(5-8)6-9(15-10)2-4-11(13)14/h1-6H,(H,13,14). The van der Waals surface area contributed by atoms with Crippen molar-refractivity contribution in [1.29, 1.82) is 0 Å². The number of carboxylic acid groups (broad SMARTS) is 1. The number of benzene rings is 1. The van der Waals surface area contributed by atoms with Crippen molar-refractivity contribution in [2.45, 2.75) is 0 Å². The van der Waals surface area contributed by atoms with Crippen molar-refractivity contribution in [2.75, 3.05) is 0 Å². The fourth-order valence-electron chi connectivity index (χ4n) is 1.27. The molecule has 2 rings (SSSR count). The van der Waals surface area contributed by atoms with Crippen molar-refractivity contribution in [2.24, 2.45) is 0 Å². The van der Waals surface area contributed by atoms with Crippen LogP contribution in [0.15, 0.2) is 34.8 Å². The van der Waals surface area contributed by atoms with Crippen molar-refractivity contribution in [3.05, 3.63) is 39.7 Å². The van der Waals surface area contributed by atoms with Gasteiger partial charge in [-0.15, -0.1) is 0 Å². The Morgan fingerprint density at radius 1 is 1.40 bits per heavy atom. The van der Waals surface area contributed by atoms with Gasteiger partial charge in [-0.05, 0) is 52.9 Å². The van der Waals surface area contributed by atoms with Crippen LogP contribution in [0.25, 0.3) is 17.0 Å². The Morgan fingerprint density at radius 3 is 2.93 bits per heavy atom. The molecule has 0 fully saturated rings. The summed E-state index contributed by atoms with van der Waals surface area (Å²) in [5, 5.41) is 9.44. The minimum Gasteiger partial charge on any atom is -0.478 e. The SMILES string of the molecule is O=C(O)C=Cc1cc2cc(I)ccc2o1. The van der Waals surface area contributed by atoms with E-state index in [9.17, 15) is 4.79 Å². The Balaban J connectivity index is 2.43. The minimum absolute atomic E-state index is 0.550. The quantitative estimate of drug-likeness (QED) is 0.684. The molecule has 1 heterocycles. The second-order valence-electron chi connectivity index (χ2n) is 3.00. The number of aliphatic carboxylic acids is 1. The lowest BCUT2D eigenvalue weighted by Crippen LogP contribution is -1.84. The van der Waals surface area contributed by atoms with E-state index in [1.165, 1.54) is 6.08 Å². The van der Waals surface area contributed by atoms with Crippen LogP contribution in [0.4, 0.5) is 0 Å². The third-order valence-electron chi connectivity index (χ3n) is 1.89. The monoisotopic (exact) mass is 314 g/mol. The van der Waals surface area contributed by atoms with E-state index in [0.717, 1.165) is 20.6 Å². The maximum Gasteiger partial charge on any atom is 0.328 e. The van der Waals surface area contributed by atoms with Crippen LogP contribution in [-0.4, -0.2) is 11.1 Å². The van der Waals surface area contributed by atoms with Crippen LogP contribution >= 0.6 is 22.6 Å². The summed E-state index contributed by atoms with van der Waals surface area (Å²) >= 11 is 2.22. The first kappa shape index (κ1) is 10.2. The molecule has 0 aliphatic heterocycles. The van der Waals surface area contributed by atoms with E-state index in [0.29, 0.717) is 5.76 Å². The zero-order valence-electron chi connectivity index (χ0n) is 7.61. The summed E-state index contributed by atoms with van der Waals surface area (Å²) in [6, 6.07) is 7.61. The van der Waals surface area contributed by atoms with Crippen molar-refractivity contribution in [1.82, 2.24) is 0 Å². The van der Waals surface area contributed by atoms with E-state index in [-0.39, 0.29) is 0 Å². The number of carbonyl (C=O) groups is 1. The van der Waals surface area contributed by atoms with Gasteiger partial charge in [0.25, 0.3) is 0 Å². The van der Waals surface area contributed by atoms with Gasteiger partial charge in [0.2, 0.25) is 0 Å². The molecular formula is C11H7IO3. The number of rotatable bonds is 2. The van der Waals surface area contributed by atoms with Gasteiger partial charge in [-0.2, -0.15) is 0 Å². The number of furan rings is 1. The number of hydrogen-bond acceptors (Lipinski definition) is 2. The van der Waals surface area contributed by atoms with E-state index in [4.69, 9.17) is 9.52 Å². The maximum absolute atomic E-state index is 10.3. The topological polar surface area (TPSA) is 50.4 Å². The normalized spacial score (nSPS) is 11.3. The van der Waals surface area contributed by atoms with Gasteiger partial charge in [0.05, 0.1) is 0 Å². The van der Waals surface area contributed by atoms with Gasteiger partial charge in [-0.25, -0.2) is 4.79 Å². The van der Waals surface area contributed by atoms with Crippen LogP contribution in [0.2, 0.25) is 0 Å². The Morgan fingerprint density at radius 2 is 2.20 bits per heavy atom. The molecule has 1 N–H and O–H groups in total. The van der Waals surface area contributed by atoms with Crippen LogP contribution < -0.4 is 0 Å². The summed E-state index contributed by atoms with van der Waals surface area (Å²) in [7, 11) is 0. The first-order valence-corrected chi connectivity index (χ1v) is 5.33. The molecule has 2 aromatic rings. The highest BCUT2D eigenvalue weighted by molar-refractivity contribution is 14.1. The number of hydrogen-bond donors (Lipinski definition) is 1. The van der Waals surface area contributed by atoms with Gasteiger partial charge in [-0.3, -0.25) is 0 Å². The highest BCUT2D eigenvalue weighted by Crippen LogP contribution is 2.22. The minimum atomic E-state index is -0.981. The van der Waals surface area contributed by atoms with Gasteiger partial charge >= 0.3 is 5.97 Å². The predicted octanol–water partition coefficient (Wildman–Crippen LogP) is 3.14. The molecule has 0 aliphatic carbocycles. The third kappa shape index (κ3) is 2.38. The average molecular weight is 314 g/mol. The molecule has 0 atom stereocenters. The van der Waals surface area contributed by atoms with Gasteiger partial charge in [-0.1, -0.05) is 0 Å². The number of carboxylic acids is 1. The molecule has 3 nitrogen and oxygen atoms in total. The molecule has 15 heavy (non-hydrogen) atoms. The molecule has 0 aliphatic rings. The summed E-state index contributed by atoms with van der Waals surface area (Å²) in [4.78, 5) is 10.3. The molecular weight excluding hydrogens is 307 g/mol. The predicted molar refractivity (Wildman–Crippen MR) is 65.6 cm³/mol. The molecule has 4 heteroatoms. The summed E-state index contributed by atoms with van der Waals surface area (Å²) in [5.41, 5.74) is 0.764. The fraction of sp³-hybridized carbons (Fsp3) is 0. The van der Waals surface area contributed by atoms with Crippen molar-refractivity contribution in [3.63, 3.8) is 0 Å². The maximum atomic E-state index is 10.3. The Bertz CT molecular complexity index is 540. The molecule has 0 bridgehead atoms. The van der Waals surface area contributed by atoms with E-state index in [2.05, 4.69) is 22.6 Å². The van der Waals surface area contributed by atoms with Gasteiger partial charge in [0.1, 0.15) is 11.3 Å².